The number of carboxylic acid groups (broad SMARTS) is 1. The molecule has 1 aliphatic heterocycles. The topological polar surface area (TPSA) is 106 Å². The lowest BCUT2D eigenvalue weighted by molar-refractivity contribution is 0.0694. The van der Waals surface area contributed by atoms with Crippen molar-refractivity contribution in [2.45, 2.75) is 23.9 Å². The van der Waals surface area contributed by atoms with E-state index >= 15 is 0 Å². The summed E-state index contributed by atoms with van der Waals surface area (Å²) in [4.78, 5) is 11.3. The Morgan fingerprint density at radius 3 is 2.91 bits per heavy atom. The molecule has 3 heterocycles. The van der Waals surface area contributed by atoms with E-state index in [0.29, 0.717) is 25.1 Å². The summed E-state index contributed by atoms with van der Waals surface area (Å²) in [7, 11) is -2.05. The summed E-state index contributed by atoms with van der Waals surface area (Å²) in [6, 6.07) is 2.93. The van der Waals surface area contributed by atoms with Crippen LogP contribution in [0, 0.1) is 0 Å². The minimum Gasteiger partial charge on any atom is -0.478 e. The molecule has 0 aromatic carbocycles. The van der Waals surface area contributed by atoms with Gasteiger partial charge in [-0.1, -0.05) is 0 Å². The highest BCUT2D eigenvalue weighted by Crippen LogP contribution is 2.31. The van der Waals surface area contributed by atoms with Crippen LogP contribution in [-0.2, 0) is 17.1 Å². The molecule has 1 saturated heterocycles. The zero-order valence-electron chi connectivity index (χ0n) is 12.5. The van der Waals surface area contributed by atoms with Crippen molar-refractivity contribution in [1.82, 2.24) is 14.1 Å². The van der Waals surface area contributed by atoms with Gasteiger partial charge >= 0.3 is 5.97 Å². The predicted molar refractivity (Wildman–Crippen MR) is 79.6 cm³/mol. The van der Waals surface area contributed by atoms with Crippen LogP contribution < -0.4 is 0 Å². The summed E-state index contributed by atoms with van der Waals surface area (Å²) in [5, 5.41) is 13.4. The van der Waals surface area contributed by atoms with Gasteiger partial charge in [0, 0.05) is 32.3 Å². The molecule has 0 amide bonds. The molecule has 3 rings (SSSR count). The quantitative estimate of drug-likeness (QED) is 0.899. The second-order valence-electron chi connectivity index (χ2n) is 5.54. The number of carbonyl (C=O) groups is 1. The van der Waals surface area contributed by atoms with E-state index in [-0.39, 0.29) is 23.1 Å². The van der Waals surface area contributed by atoms with Gasteiger partial charge in [-0.15, -0.1) is 0 Å². The van der Waals surface area contributed by atoms with E-state index in [9.17, 15) is 18.3 Å². The van der Waals surface area contributed by atoms with Crippen molar-refractivity contribution in [3.8, 4) is 0 Å². The third-order valence-corrected chi connectivity index (χ3v) is 5.70. The van der Waals surface area contributed by atoms with Gasteiger partial charge in [0.1, 0.15) is 5.56 Å². The summed E-state index contributed by atoms with van der Waals surface area (Å²) in [6.07, 6.45) is 4.09. The van der Waals surface area contributed by atoms with Crippen molar-refractivity contribution < 1.29 is 22.7 Å². The molecule has 1 unspecified atom stereocenters. The van der Waals surface area contributed by atoms with Gasteiger partial charge in [0.2, 0.25) is 5.09 Å². The Hall–Kier alpha value is -2.13. The number of aromatic nitrogens is 2. The van der Waals surface area contributed by atoms with Crippen LogP contribution in [0.3, 0.4) is 0 Å². The van der Waals surface area contributed by atoms with Crippen molar-refractivity contribution in [2.24, 2.45) is 7.05 Å². The molecule has 1 aliphatic rings. The third kappa shape index (κ3) is 2.89. The number of aryl methyl sites for hydroxylation is 1. The molecule has 124 valence electrons. The van der Waals surface area contributed by atoms with Crippen LogP contribution >= 0.6 is 0 Å². The molecule has 0 saturated carbocycles. The maximum absolute atomic E-state index is 12.5. The highest BCUT2D eigenvalue weighted by Gasteiger charge is 2.35. The summed E-state index contributed by atoms with van der Waals surface area (Å²) < 4.78 is 32.9. The number of hydrogen-bond acceptors (Lipinski definition) is 5. The predicted octanol–water partition coefficient (Wildman–Crippen LogP) is 1.28. The van der Waals surface area contributed by atoms with Gasteiger partial charge in [-0.3, -0.25) is 4.68 Å². The Kier molecular flexibility index (Phi) is 3.99. The number of furan rings is 1. The summed E-state index contributed by atoms with van der Waals surface area (Å²) in [5.74, 6) is -1.31. The average molecular weight is 339 g/mol. The Bertz CT molecular complexity index is 810. The fourth-order valence-corrected chi connectivity index (χ4v) is 4.32. The molecular formula is C14H17N3O5S. The van der Waals surface area contributed by atoms with Gasteiger partial charge in [0.15, 0.2) is 0 Å². The van der Waals surface area contributed by atoms with Crippen LogP contribution in [0.15, 0.2) is 34.1 Å². The van der Waals surface area contributed by atoms with Gasteiger partial charge in [-0.25, -0.2) is 13.2 Å². The Labute approximate surface area is 133 Å². The van der Waals surface area contributed by atoms with Crippen LogP contribution in [0.5, 0.6) is 0 Å². The molecule has 0 bridgehead atoms. The SMILES string of the molecule is Cn1cc(C(=O)O)c(C2CCCN(S(=O)(=O)c3ccco3)C2)n1. The molecule has 0 spiro atoms. The van der Waals surface area contributed by atoms with Crippen LogP contribution in [0.2, 0.25) is 0 Å². The first-order valence-electron chi connectivity index (χ1n) is 7.20. The van der Waals surface area contributed by atoms with Gasteiger partial charge in [0.05, 0.1) is 12.0 Å². The molecule has 2 aromatic rings. The minimum atomic E-state index is -3.70. The van der Waals surface area contributed by atoms with E-state index in [2.05, 4.69) is 5.10 Å². The first-order valence-corrected chi connectivity index (χ1v) is 8.64. The lowest BCUT2D eigenvalue weighted by atomic mass is 9.94. The molecule has 8 nitrogen and oxygen atoms in total. The van der Waals surface area contributed by atoms with Crippen molar-refractivity contribution in [1.29, 1.82) is 0 Å². The normalized spacial score (nSPS) is 19.8. The number of rotatable bonds is 4. The van der Waals surface area contributed by atoms with E-state index in [1.807, 2.05) is 0 Å². The van der Waals surface area contributed by atoms with Gasteiger partial charge < -0.3 is 9.52 Å². The Morgan fingerprint density at radius 1 is 1.48 bits per heavy atom. The molecule has 23 heavy (non-hydrogen) atoms. The second-order valence-corrected chi connectivity index (χ2v) is 7.41. The first-order chi connectivity index (χ1) is 10.9. The fraction of sp³-hybridized carbons (Fsp3) is 0.429. The van der Waals surface area contributed by atoms with E-state index in [1.165, 1.54) is 33.6 Å². The van der Waals surface area contributed by atoms with Crippen LogP contribution in [0.1, 0.15) is 34.8 Å². The van der Waals surface area contributed by atoms with Crippen LogP contribution in [-0.4, -0.2) is 46.7 Å². The van der Waals surface area contributed by atoms with Gasteiger partial charge in [-0.2, -0.15) is 9.40 Å². The zero-order chi connectivity index (χ0) is 16.6. The average Bonchev–Trinajstić information content (AvgIpc) is 3.17. The summed E-state index contributed by atoms with van der Waals surface area (Å²) >= 11 is 0. The summed E-state index contributed by atoms with van der Waals surface area (Å²) in [5.41, 5.74) is 0.550. The fourth-order valence-electron chi connectivity index (χ4n) is 2.89. The first kappa shape index (κ1) is 15.8. The van der Waals surface area contributed by atoms with Gasteiger partial charge in [0.25, 0.3) is 10.0 Å². The molecule has 1 N–H and O–H groups in total. The highest BCUT2D eigenvalue weighted by atomic mass is 32.2. The van der Waals surface area contributed by atoms with Crippen LogP contribution in [0.25, 0.3) is 0 Å². The maximum Gasteiger partial charge on any atom is 0.339 e. The van der Waals surface area contributed by atoms with Gasteiger partial charge in [-0.05, 0) is 25.0 Å². The van der Waals surface area contributed by atoms with Crippen molar-refractivity contribution >= 4 is 16.0 Å². The number of hydrogen-bond donors (Lipinski definition) is 1. The minimum absolute atomic E-state index is 0.0994. The van der Waals surface area contributed by atoms with E-state index < -0.39 is 16.0 Å². The lowest BCUT2D eigenvalue weighted by Gasteiger charge is -2.30. The van der Waals surface area contributed by atoms with Crippen molar-refractivity contribution in [2.75, 3.05) is 13.1 Å². The van der Waals surface area contributed by atoms with E-state index in [1.54, 1.807) is 7.05 Å². The number of carboxylic acids is 1. The molecule has 2 aromatic heterocycles. The molecular weight excluding hydrogens is 322 g/mol. The van der Waals surface area contributed by atoms with Crippen LogP contribution in [0.4, 0.5) is 0 Å². The second kappa shape index (κ2) is 5.82. The number of aromatic carboxylic acids is 1. The summed E-state index contributed by atoms with van der Waals surface area (Å²) in [6.45, 7) is 0.578. The Balaban J connectivity index is 1.89. The molecule has 0 radical (unpaired) electrons. The lowest BCUT2D eigenvalue weighted by Crippen LogP contribution is -2.39. The Morgan fingerprint density at radius 2 is 2.26 bits per heavy atom. The highest BCUT2D eigenvalue weighted by molar-refractivity contribution is 7.89. The smallest absolute Gasteiger partial charge is 0.339 e. The van der Waals surface area contributed by atoms with Crippen molar-refractivity contribution in [3.63, 3.8) is 0 Å². The van der Waals surface area contributed by atoms with E-state index in [4.69, 9.17) is 4.42 Å². The van der Waals surface area contributed by atoms with Crippen molar-refractivity contribution in [3.05, 3.63) is 35.9 Å². The third-order valence-electron chi connectivity index (χ3n) is 3.95. The maximum atomic E-state index is 12.5. The van der Waals surface area contributed by atoms with E-state index in [0.717, 1.165) is 0 Å². The number of nitrogens with zero attached hydrogens (tertiary/aromatic N) is 3. The molecule has 1 atom stereocenters. The largest absolute Gasteiger partial charge is 0.478 e. The molecule has 0 aliphatic carbocycles. The monoisotopic (exact) mass is 339 g/mol. The molecule has 1 fully saturated rings. The number of piperidine rings is 1. The zero-order valence-corrected chi connectivity index (χ0v) is 13.4. The standard InChI is InChI=1S/C14H17N3O5S/c1-16-9-11(14(18)19)13(15-16)10-4-2-6-17(8-10)23(20,21)12-5-3-7-22-12/h3,5,7,9-10H,2,4,6,8H2,1H3,(H,18,19). The number of sulfonamides is 1. The molecule has 9 heteroatoms.